The van der Waals surface area contributed by atoms with Gasteiger partial charge in [-0.25, -0.2) is 0 Å². The van der Waals surface area contributed by atoms with Gasteiger partial charge in [0.2, 0.25) is 0 Å². The van der Waals surface area contributed by atoms with Crippen LogP contribution in [0.15, 0.2) is 54.6 Å². The summed E-state index contributed by atoms with van der Waals surface area (Å²) in [6.45, 7) is 4.38. The summed E-state index contributed by atoms with van der Waals surface area (Å²) in [6.07, 6.45) is -0.249. The van der Waals surface area contributed by atoms with Crippen LogP contribution >= 0.6 is 0 Å². The largest absolute Gasteiger partial charge is 0.481 e. The van der Waals surface area contributed by atoms with Crippen molar-refractivity contribution in [2.75, 3.05) is 13.1 Å². The van der Waals surface area contributed by atoms with E-state index < -0.39 is 17.7 Å². The molecule has 0 aromatic heterocycles. The Bertz CT molecular complexity index is 777. The van der Waals surface area contributed by atoms with Crippen molar-refractivity contribution in [3.8, 4) is 6.07 Å². The Morgan fingerprint density at radius 1 is 1.03 bits per heavy atom. The Morgan fingerprint density at radius 2 is 1.55 bits per heavy atom. The highest BCUT2D eigenvalue weighted by atomic mass is 19.4. The number of carboxylic acid groups (broad SMARTS) is 1. The van der Waals surface area contributed by atoms with Gasteiger partial charge in [0, 0.05) is 13.5 Å². The monoisotopic (exact) mass is 406 g/mol. The van der Waals surface area contributed by atoms with Gasteiger partial charge < -0.3 is 5.11 Å². The highest BCUT2D eigenvalue weighted by molar-refractivity contribution is 5.62. The first-order chi connectivity index (χ1) is 13.7. The van der Waals surface area contributed by atoms with E-state index in [0.717, 1.165) is 31.2 Å². The van der Waals surface area contributed by atoms with Crippen LogP contribution in [0.1, 0.15) is 42.9 Å². The van der Waals surface area contributed by atoms with Gasteiger partial charge in [0.15, 0.2) is 0 Å². The van der Waals surface area contributed by atoms with Crippen LogP contribution in [0, 0.1) is 11.3 Å². The Kier molecular flexibility index (Phi) is 10.5. The van der Waals surface area contributed by atoms with Crippen molar-refractivity contribution in [3.63, 3.8) is 0 Å². The van der Waals surface area contributed by atoms with E-state index in [0.29, 0.717) is 0 Å². The summed E-state index contributed by atoms with van der Waals surface area (Å²) in [5.74, 6) is -0.833. The average molecular weight is 406 g/mol. The molecule has 4 nitrogen and oxygen atoms in total. The number of halogens is 3. The van der Waals surface area contributed by atoms with Crippen molar-refractivity contribution in [2.24, 2.45) is 0 Å². The molecule has 7 heteroatoms. The fourth-order valence-corrected chi connectivity index (χ4v) is 2.75. The molecule has 2 aromatic rings. The molecular formula is C22H25F3N2O2. The number of carboxylic acids is 1. The molecule has 1 aliphatic rings. The lowest BCUT2D eigenvalue weighted by Gasteiger charge is -2.26. The molecule has 156 valence electrons. The van der Waals surface area contributed by atoms with Crippen LogP contribution in [0.4, 0.5) is 13.2 Å². The van der Waals surface area contributed by atoms with Crippen molar-refractivity contribution < 1.29 is 23.1 Å². The third-order valence-corrected chi connectivity index (χ3v) is 4.08. The third-order valence-electron chi connectivity index (χ3n) is 4.08. The van der Waals surface area contributed by atoms with Crippen LogP contribution in [-0.2, 0) is 17.5 Å². The van der Waals surface area contributed by atoms with Crippen LogP contribution in [-0.4, -0.2) is 29.1 Å². The fraction of sp³-hybridized carbons (Fsp3) is 0.364. The normalized spacial score (nSPS) is 13.8. The highest BCUT2D eigenvalue weighted by Crippen LogP contribution is 2.28. The lowest BCUT2D eigenvalue weighted by atomic mass is 10.1. The molecule has 1 aliphatic heterocycles. The molecule has 0 spiro atoms. The van der Waals surface area contributed by atoms with Gasteiger partial charge in [0.05, 0.1) is 17.2 Å². The number of likely N-dealkylation sites (tertiary alicyclic amines) is 1. The van der Waals surface area contributed by atoms with Crippen molar-refractivity contribution in [3.05, 3.63) is 71.3 Å². The first-order valence-corrected chi connectivity index (χ1v) is 9.26. The number of rotatable bonds is 2. The second-order valence-electron chi connectivity index (χ2n) is 6.49. The molecule has 0 radical (unpaired) electrons. The van der Waals surface area contributed by atoms with E-state index >= 15 is 0 Å². The van der Waals surface area contributed by atoms with Crippen LogP contribution < -0.4 is 0 Å². The van der Waals surface area contributed by atoms with E-state index in [1.54, 1.807) is 6.07 Å². The van der Waals surface area contributed by atoms with Crippen molar-refractivity contribution in [2.45, 2.75) is 38.9 Å². The summed E-state index contributed by atoms with van der Waals surface area (Å²) in [5, 5.41) is 16.4. The second-order valence-corrected chi connectivity index (χ2v) is 6.49. The quantitative estimate of drug-likeness (QED) is 0.731. The molecule has 1 heterocycles. The molecular weight excluding hydrogens is 381 g/mol. The molecule has 29 heavy (non-hydrogen) atoms. The molecule has 0 amide bonds. The van der Waals surface area contributed by atoms with Crippen LogP contribution in [0.2, 0.25) is 0 Å². The fourth-order valence-electron chi connectivity index (χ4n) is 2.75. The van der Waals surface area contributed by atoms with Crippen molar-refractivity contribution >= 4 is 5.97 Å². The Hall–Kier alpha value is -2.85. The molecule has 1 fully saturated rings. The predicted molar refractivity (Wildman–Crippen MR) is 105 cm³/mol. The Labute approximate surface area is 169 Å². The molecule has 3 rings (SSSR count). The number of nitrogens with zero attached hydrogens (tertiary/aromatic N) is 2. The van der Waals surface area contributed by atoms with Crippen LogP contribution in [0.3, 0.4) is 0 Å². The van der Waals surface area contributed by atoms with Gasteiger partial charge in [0.1, 0.15) is 0 Å². The Morgan fingerprint density at radius 3 is 2.03 bits per heavy atom. The zero-order valence-corrected chi connectivity index (χ0v) is 16.3. The summed E-state index contributed by atoms with van der Waals surface area (Å²) < 4.78 is 35.4. The SMILES string of the molecule is CC(=O)O.FC(F)(F)c1ccccc1.N#Cc1ccccc1CN1CCCCC1. The van der Waals surface area contributed by atoms with E-state index in [1.165, 1.54) is 50.0 Å². The number of carbonyl (C=O) groups is 1. The van der Waals surface area contributed by atoms with Crippen molar-refractivity contribution in [1.82, 2.24) is 4.90 Å². The number of hydrogen-bond acceptors (Lipinski definition) is 3. The summed E-state index contributed by atoms with van der Waals surface area (Å²) in [6, 6.07) is 16.5. The molecule has 0 atom stereocenters. The second kappa shape index (κ2) is 12.6. The third kappa shape index (κ3) is 10.3. The zero-order valence-electron chi connectivity index (χ0n) is 16.3. The maximum Gasteiger partial charge on any atom is 0.416 e. The van der Waals surface area contributed by atoms with E-state index in [-0.39, 0.29) is 0 Å². The molecule has 0 saturated carbocycles. The number of hydrogen-bond donors (Lipinski definition) is 1. The van der Waals surface area contributed by atoms with Gasteiger partial charge in [-0.05, 0) is 37.6 Å². The van der Waals surface area contributed by atoms with Gasteiger partial charge in [-0.1, -0.05) is 55.0 Å². The van der Waals surface area contributed by atoms with Gasteiger partial charge in [-0.2, -0.15) is 18.4 Å². The minimum Gasteiger partial charge on any atom is -0.481 e. The molecule has 1 N–H and O–H groups in total. The average Bonchev–Trinajstić information content (AvgIpc) is 2.69. The first-order valence-electron chi connectivity index (χ1n) is 9.26. The summed E-state index contributed by atoms with van der Waals surface area (Å²) in [5.41, 5.74) is 1.39. The van der Waals surface area contributed by atoms with Gasteiger partial charge >= 0.3 is 6.18 Å². The molecule has 1 saturated heterocycles. The molecule has 0 unspecified atom stereocenters. The topological polar surface area (TPSA) is 64.3 Å². The summed E-state index contributed by atoms with van der Waals surface area (Å²) >= 11 is 0. The first kappa shape index (κ1) is 24.2. The lowest BCUT2D eigenvalue weighted by molar-refractivity contribution is -0.137. The van der Waals surface area contributed by atoms with Crippen LogP contribution in [0.25, 0.3) is 0 Å². The number of alkyl halides is 3. The summed E-state index contributed by atoms with van der Waals surface area (Å²) in [7, 11) is 0. The van der Waals surface area contributed by atoms with E-state index in [9.17, 15) is 13.2 Å². The van der Waals surface area contributed by atoms with E-state index in [2.05, 4.69) is 17.0 Å². The molecule has 0 bridgehead atoms. The highest BCUT2D eigenvalue weighted by Gasteiger charge is 2.29. The zero-order chi connectivity index (χ0) is 21.7. The van der Waals surface area contributed by atoms with Gasteiger partial charge in [-0.15, -0.1) is 0 Å². The standard InChI is InChI=1S/C13H16N2.C7H5F3.C2H4O2/c14-10-12-6-2-3-7-13(12)11-15-8-4-1-5-9-15;8-7(9,10)6-4-2-1-3-5-6;1-2(3)4/h2-3,6-7H,1,4-5,8-9,11H2;1-5H;1H3,(H,3,4). The maximum atomic E-state index is 11.8. The van der Waals surface area contributed by atoms with Crippen molar-refractivity contribution in [1.29, 1.82) is 5.26 Å². The predicted octanol–water partition coefficient (Wildman–Crippen LogP) is 5.34. The molecule has 2 aromatic carbocycles. The minimum absolute atomic E-state index is 0.602. The van der Waals surface area contributed by atoms with Gasteiger partial charge in [0.25, 0.3) is 5.97 Å². The maximum absolute atomic E-state index is 11.8. The van der Waals surface area contributed by atoms with Gasteiger partial charge in [-0.3, -0.25) is 9.69 Å². The Balaban J connectivity index is 0.000000259. The number of piperidine rings is 1. The molecule has 0 aliphatic carbocycles. The number of benzene rings is 2. The minimum atomic E-state index is -4.21. The smallest absolute Gasteiger partial charge is 0.416 e. The number of nitriles is 1. The van der Waals surface area contributed by atoms with E-state index in [4.69, 9.17) is 15.2 Å². The van der Waals surface area contributed by atoms with E-state index in [1.807, 2.05) is 18.2 Å². The number of aliphatic carboxylic acids is 1. The van der Waals surface area contributed by atoms with Crippen LogP contribution in [0.5, 0.6) is 0 Å². The summed E-state index contributed by atoms with van der Waals surface area (Å²) in [4.78, 5) is 11.4. The lowest BCUT2D eigenvalue weighted by Crippen LogP contribution is -2.29.